The smallest absolute Gasteiger partial charge is 0.322 e. The summed E-state index contributed by atoms with van der Waals surface area (Å²) in [5, 5.41) is 3.55. The lowest BCUT2D eigenvalue weighted by atomic mass is 9.82. The standard InChI is InChI=1S/C17H20FN3O3S/c18-13-6-4-12(5-7-13)10-25-11-14(22)20-21-15(23)17(19-16(21)24)8-2-1-3-9-17/h4-7H,1-3,8-11H2,(H,19,24)(H,20,22). The van der Waals surface area contributed by atoms with E-state index in [1.54, 1.807) is 12.1 Å². The summed E-state index contributed by atoms with van der Waals surface area (Å²) >= 11 is 1.33. The molecule has 1 saturated carbocycles. The minimum atomic E-state index is -0.843. The van der Waals surface area contributed by atoms with Crippen molar-refractivity contribution in [3.8, 4) is 0 Å². The lowest BCUT2D eigenvalue weighted by Gasteiger charge is -2.30. The van der Waals surface area contributed by atoms with Crippen molar-refractivity contribution in [1.82, 2.24) is 15.8 Å². The van der Waals surface area contributed by atoms with Gasteiger partial charge in [0.15, 0.2) is 0 Å². The number of hydrogen-bond donors (Lipinski definition) is 2. The molecule has 1 aromatic rings. The summed E-state index contributed by atoms with van der Waals surface area (Å²) in [6.07, 6.45) is 4.06. The summed E-state index contributed by atoms with van der Waals surface area (Å²) in [4.78, 5) is 36.6. The molecule has 0 atom stereocenters. The zero-order valence-corrected chi connectivity index (χ0v) is 14.5. The third-order valence-corrected chi connectivity index (χ3v) is 5.52. The van der Waals surface area contributed by atoms with E-state index in [0.29, 0.717) is 18.6 Å². The Balaban J connectivity index is 1.49. The summed E-state index contributed by atoms with van der Waals surface area (Å²) in [5.41, 5.74) is 2.45. The van der Waals surface area contributed by atoms with Gasteiger partial charge in [-0.15, -0.1) is 11.8 Å². The molecule has 1 aliphatic carbocycles. The number of nitrogens with one attached hydrogen (secondary N) is 2. The van der Waals surface area contributed by atoms with Crippen LogP contribution in [-0.4, -0.2) is 34.1 Å². The molecule has 2 fully saturated rings. The van der Waals surface area contributed by atoms with Gasteiger partial charge >= 0.3 is 6.03 Å². The van der Waals surface area contributed by atoms with Crippen molar-refractivity contribution in [3.05, 3.63) is 35.6 Å². The fraction of sp³-hybridized carbons (Fsp3) is 0.471. The van der Waals surface area contributed by atoms with Crippen molar-refractivity contribution >= 4 is 29.6 Å². The molecule has 1 aromatic carbocycles. The topological polar surface area (TPSA) is 78.5 Å². The first-order valence-corrected chi connectivity index (χ1v) is 9.44. The zero-order valence-electron chi connectivity index (χ0n) is 13.7. The molecule has 6 nitrogen and oxygen atoms in total. The number of carbonyl (C=O) groups is 3. The molecule has 2 aliphatic rings. The maximum Gasteiger partial charge on any atom is 0.344 e. The van der Waals surface area contributed by atoms with Crippen LogP contribution in [0.4, 0.5) is 9.18 Å². The predicted molar refractivity (Wildman–Crippen MR) is 91.9 cm³/mol. The molecule has 0 aromatic heterocycles. The first kappa shape index (κ1) is 17.7. The molecule has 1 saturated heterocycles. The normalized spacial score (nSPS) is 19.2. The number of amides is 4. The van der Waals surface area contributed by atoms with Crippen molar-refractivity contribution in [2.45, 2.75) is 43.4 Å². The monoisotopic (exact) mass is 365 g/mol. The molecule has 8 heteroatoms. The maximum atomic E-state index is 12.8. The van der Waals surface area contributed by atoms with Gasteiger partial charge in [-0.1, -0.05) is 31.4 Å². The van der Waals surface area contributed by atoms with Crippen LogP contribution in [0, 0.1) is 5.82 Å². The Morgan fingerprint density at radius 1 is 1.20 bits per heavy atom. The van der Waals surface area contributed by atoms with Gasteiger partial charge in [-0.25, -0.2) is 9.18 Å². The average Bonchev–Trinajstić information content (AvgIpc) is 2.81. The second kappa shape index (κ2) is 7.43. The summed E-state index contributed by atoms with van der Waals surface area (Å²) in [5.74, 6) is -0.446. The minimum absolute atomic E-state index is 0.0986. The summed E-state index contributed by atoms with van der Waals surface area (Å²) in [6, 6.07) is 5.48. The highest BCUT2D eigenvalue weighted by atomic mass is 32.2. The number of hydrazine groups is 1. The van der Waals surface area contributed by atoms with Gasteiger partial charge in [-0.2, -0.15) is 5.01 Å². The molecule has 1 aliphatic heterocycles. The first-order valence-electron chi connectivity index (χ1n) is 8.29. The van der Waals surface area contributed by atoms with Gasteiger partial charge in [0.1, 0.15) is 11.4 Å². The van der Waals surface area contributed by atoms with E-state index in [0.717, 1.165) is 29.8 Å². The van der Waals surface area contributed by atoms with Gasteiger partial charge in [0.25, 0.3) is 5.91 Å². The van der Waals surface area contributed by atoms with Gasteiger partial charge in [-0.05, 0) is 30.5 Å². The first-order chi connectivity index (χ1) is 12.0. The van der Waals surface area contributed by atoms with Gasteiger partial charge in [0, 0.05) is 5.75 Å². The fourth-order valence-corrected chi connectivity index (χ4v) is 4.00. The van der Waals surface area contributed by atoms with Crippen molar-refractivity contribution in [3.63, 3.8) is 0 Å². The number of rotatable bonds is 5. The molecular weight excluding hydrogens is 345 g/mol. The maximum absolute atomic E-state index is 12.8. The van der Waals surface area contributed by atoms with Gasteiger partial charge in [0.05, 0.1) is 5.75 Å². The summed E-state index contributed by atoms with van der Waals surface area (Å²) in [7, 11) is 0. The second-order valence-electron chi connectivity index (χ2n) is 6.37. The number of nitrogens with zero attached hydrogens (tertiary/aromatic N) is 1. The van der Waals surface area contributed by atoms with E-state index >= 15 is 0 Å². The fourth-order valence-electron chi connectivity index (χ4n) is 3.22. The Labute approximate surface area is 149 Å². The molecule has 0 radical (unpaired) electrons. The van der Waals surface area contributed by atoms with E-state index in [4.69, 9.17) is 0 Å². The number of imide groups is 1. The Bertz CT molecular complexity index is 674. The number of thioether (sulfide) groups is 1. The molecule has 1 heterocycles. The van der Waals surface area contributed by atoms with Gasteiger partial charge in [-0.3, -0.25) is 15.0 Å². The van der Waals surface area contributed by atoms with E-state index in [1.807, 2.05) is 0 Å². The van der Waals surface area contributed by atoms with Crippen LogP contribution in [0.15, 0.2) is 24.3 Å². The molecule has 0 bridgehead atoms. The highest BCUT2D eigenvalue weighted by molar-refractivity contribution is 7.99. The highest BCUT2D eigenvalue weighted by Crippen LogP contribution is 2.33. The largest absolute Gasteiger partial charge is 0.344 e. The quantitative estimate of drug-likeness (QED) is 0.785. The molecule has 3 rings (SSSR count). The number of carbonyl (C=O) groups excluding carboxylic acids is 3. The Kier molecular flexibility index (Phi) is 5.27. The van der Waals surface area contributed by atoms with Crippen molar-refractivity contribution < 1.29 is 18.8 Å². The van der Waals surface area contributed by atoms with Crippen molar-refractivity contribution in [2.75, 3.05) is 5.75 Å². The Hall–Kier alpha value is -2.09. The number of benzene rings is 1. The molecule has 4 amide bonds. The van der Waals surface area contributed by atoms with Crippen LogP contribution in [0.2, 0.25) is 0 Å². The average molecular weight is 365 g/mol. The van der Waals surface area contributed by atoms with Crippen LogP contribution in [0.1, 0.15) is 37.7 Å². The SMILES string of the molecule is O=C(CSCc1ccc(F)cc1)NN1C(=O)NC2(CCCCC2)C1=O. The van der Waals surface area contributed by atoms with E-state index in [1.165, 1.54) is 23.9 Å². The van der Waals surface area contributed by atoms with Crippen LogP contribution in [0.3, 0.4) is 0 Å². The van der Waals surface area contributed by atoms with Crippen LogP contribution >= 0.6 is 11.8 Å². The van der Waals surface area contributed by atoms with Gasteiger partial charge in [0.2, 0.25) is 5.91 Å². The number of halogens is 1. The molecule has 0 unspecified atom stereocenters. The van der Waals surface area contributed by atoms with Crippen molar-refractivity contribution in [1.29, 1.82) is 0 Å². The minimum Gasteiger partial charge on any atom is -0.322 e. The van der Waals surface area contributed by atoms with E-state index in [9.17, 15) is 18.8 Å². The molecule has 1 spiro atoms. The van der Waals surface area contributed by atoms with Crippen LogP contribution in [0.5, 0.6) is 0 Å². The lowest BCUT2D eigenvalue weighted by molar-refractivity contribution is -0.139. The van der Waals surface area contributed by atoms with Crippen LogP contribution < -0.4 is 10.7 Å². The van der Waals surface area contributed by atoms with Crippen molar-refractivity contribution in [2.24, 2.45) is 0 Å². The zero-order chi connectivity index (χ0) is 17.9. The second-order valence-corrected chi connectivity index (χ2v) is 7.35. The summed E-state index contributed by atoms with van der Waals surface area (Å²) < 4.78 is 12.8. The van der Waals surface area contributed by atoms with E-state index in [2.05, 4.69) is 10.7 Å². The lowest BCUT2D eigenvalue weighted by Crippen LogP contribution is -2.51. The summed E-state index contributed by atoms with van der Waals surface area (Å²) in [6.45, 7) is 0. The molecular formula is C17H20FN3O3S. The van der Waals surface area contributed by atoms with Crippen LogP contribution in [-0.2, 0) is 15.3 Å². The van der Waals surface area contributed by atoms with E-state index in [-0.39, 0.29) is 17.5 Å². The molecule has 134 valence electrons. The number of hydrogen-bond acceptors (Lipinski definition) is 4. The Morgan fingerprint density at radius 2 is 1.88 bits per heavy atom. The van der Waals surface area contributed by atoms with Crippen LogP contribution in [0.25, 0.3) is 0 Å². The molecule has 2 N–H and O–H groups in total. The van der Waals surface area contributed by atoms with E-state index < -0.39 is 17.5 Å². The third-order valence-electron chi connectivity index (χ3n) is 4.52. The Morgan fingerprint density at radius 3 is 2.56 bits per heavy atom. The van der Waals surface area contributed by atoms with Gasteiger partial charge < -0.3 is 5.32 Å². The number of urea groups is 1. The molecule has 25 heavy (non-hydrogen) atoms. The predicted octanol–water partition coefficient (Wildman–Crippen LogP) is 2.34. The highest BCUT2D eigenvalue weighted by Gasteiger charge is 2.52. The third kappa shape index (κ3) is 3.95.